The molecule has 2 N–H and O–H groups in total. The number of non-ortho nitro benzene ring substituents is 1. The summed E-state index contributed by atoms with van der Waals surface area (Å²) in [5, 5.41) is 26.9. The van der Waals surface area contributed by atoms with Crippen molar-refractivity contribution in [1.29, 1.82) is 0 Å². The molecular formula is C17H18N4O5. The quantitative estimate of drug-likeness (QED) is 0.623. The molecule has 0 atom stereocenters. The molecule has 0 radical (unpaired) electrons. The molecule has 1 amide bonds. The molecule has 1 aromatic heterocycles. The predicted octanol–water partition coefficient (Wildman–Crippen LogP) is 2.15. The molecule has 9 heteroatoms. The van der Waals surface area contributed by atoms with E-state index in [1.807, 2.05) is 0 Å². The Hall–Kier alpha value is -3.23. The van der Waals surface area contributed by atoms with E-state index in [9.17, 15) is 19.7 Å². The summed E-state index contributed by atoms with van der Waals surface area (Å²) < 4.78 is 1.41. The summed E-state index contributed by atoms with van der Waals surface area (Å²) in [7, 11) is 0. The summed E-state index contributed by atoms with van der Waals surface area (Å²) >= 11 is 0. The standard InChI is InChI=1S/C17H18N4O5/c22-16(18-12-6-4-11(5-7-12)17(23)24)15-8-9-20(19-15)13-2-1-3-14(10-13)21(25)26/h1-3,8-12H,4-7H2,(H,18,22)(H,23,24). The Morgan fingerprint density at radius 1 is 1.23 bits per heavy atom. The van der Waals surface area contributed by atoms with Crippen LogP contribution in [0.25, 0.3) is 5.69 Å². The van der Waals surface area contributed by atoms with E-state index in [0.29, 0.717) is 31.4 Å². The van der Waals surface area contributed by atoms with Crippen molar-refractivity contribution in [2.45, 2.75) is 31.7 Å². The van der Waals surface area contributed by atoms with Crippen LogP contribution in [0.1, 0.15) is 36.2 Å². The van der Waals surface area contributed by atoms with Crippen LogP contribution in [0.4, 0.5) is 5.69 Å². The summed E-state index contributed by atoms with van der Waals surface area (Å²) in [4.78, 5) is 33.7. The third-order valence-corrected chi connectivity index (χ3v) is 4.54. The van der Waals surface area contributed by atoms with Crippen molar-refractivity contribution in [2.75, 3.05) is 0 Å². The van der Waals surface area contributed by atoms with Gasteiger partial charge in [0, 0.05) is 24.4 Å². The second-order valence-corrected chi connectivity index (χ2v) is 6.28. The van der Waals surface area contributed by atoms with Crippen molar-refractivity contribution in [3.05, 3.63) is 52.3 Å². The second kappa shape index (κ2) is 7.34. The highest BCUT2D eigenvalue weighted by atomic mass is 16.6. The molecule has 1 saturated carbocycles. The number of hydrogen-bond acceptors (Lipinski definition) is 5. The Kier molecular flexibility index (Phi) is 4.97. The number of nitro groups is 1. The molecule has 1 heterocycles. The van der Waals surface area contributed by atoms with Gasteiger partial charge in [0.2, 0.25) is 0 Å². The minimum absolute atomic E-state index is 0.0563. The number of nitro benzene ring substituents is 1. The van der Waals surface area contributed by atoms with Crippen molar-refractivity contribution in [2.24, 2.45) is 5.92 Å². The van der Waals surface area contributed by atoms with Gasteiger partial charge in [-0.2, -0.15) is 5.10 Å². The van der Waals surface area contributed by atoms with Gasteiger partial charge in [0.1, 0.15) is 0 Å². The first-order valence-corrected chi connectivity index (χ1v) is 8.28. The smallest absolute Gasteiger partial charge is 0.306 e. The van der Waals surface area contributed by atoms with E-state index >= 15 is 0 Å². The number of carboxylic acid groups (broad SMARTS) is 1. The lowest BCUT2D eigenvalue weighted by molar-refractivity contribution is -0.384. The normalized spacial score (nSPS) is 19.7. The van der Waals surface area contributed by atoms with Crippen LogP contribution in [0.2, 0.25) is 0 Å². The minimum Gasteiger partial charge on any atom is -0.481 e. The second-order valence-electron chi connectivity index (χ2n) is 6.28. The van der Waals surface area contributed by atoms with Crippen molar-refractivity contribution >= 4 is 17.6 Å². The summed E-state index contributed by atoms with van der Waals surface area (Å²) in [5.41, 5.74) is 0.635. The lowest BCUT2D eigenvalue weighted by atomic mass is 9.86. The van der Waals surface area contributed by atoms with Gasteiger partial charge in [0.15, 0.2) is 5.69 Å². The van der Waals surface area contributed by atoms with Crippen molar-refractivity contribution < 1.29 is 19.6 Å². The first-order valence-electron chi connectivity index (χ1n) is 8.28. The van der Waals surface area contributed by atoms with Crippen LogP contribution < -0.4 is 5.32 Å². The van der Waals surface area contributed by atoms with E-state index in [-0.39, 0.29) is 29.2 Å². The van der Waals surface area contributed by atoms with Gasteiger partial charge in [-0.15, -0.1) is 0 Å². The number of rotatable bonds is 5. The van der Waals surface area contributed by atoms with E-state index in [1.165, 1.54) is 22.9 Å². The first-order chi connectivity index (χ1) is 12.4. The molecule has 0 aliphatic heterocycles. The van der Waals surface area contributed by atoms with Gasteiger partial charge in [0.05, 0.1) is 16.5 Å². The highest BCUT2D eigenvalue weighted by Gasteiger charge is 2.27. The molecule has 9 nitrogen and oxygen atoms in total. The number of amides is 1. The Labute approximate surface area is 148 Å². The molecule has 0 unspecified atom stereocenters. The van der Waals surface area contributed by atoms with Crippen molar-refractivity contribution in [3.63, 3.8) is 0 Å². The van der Waals surface area contributed by atoms with Crippen LogP contribution in [0.3, 0.4) is 0 Å². The monoisotopic (exact) mass is 358 g/mol. The summed E-state index contributed by atoms with van der Waals surface area (Å²) in [6, 6.07) is 7.44. The number of nitrogens with one attached hydrogen (secondary N) is 1. The van der Waals surface area contributed by atoms with Gasteiger partial charge < -0.3 is 10.4 Å². The largest absolute Gasteiger partial charge is 0.481 e. The van der Waals surface area contributed by atoms with E-state index in [2.05, 4.69) is 10.4 Å². The van der Waals surface area contributed by atoms with Gasteiger partial charge in [-0.3, -0.25) is 19.7 Å². The van der Waals surface area contributed by atoms with Crippen LogP contribution in [0.15, 0.2) is 36.5 Å². The summed E-state index contributed by atoms with van der Waals surface area (Å²) in [6.07, 6.45) is 3.89. The molecular weight excluding hydrogens is 340 g/mol. The average molecular weight is 358 g/mol. The van der Waals surface area contributed by atoms with Gasteiger partial charge in [-0.25, -0.2) is 4.68 Å². The molecule has 2 aromatic rings. The molecule has 1 aliphatic rings. The Balaban J connectivity index is 1.64. The maximum atomic E-state index is 12.3. The maximum absolute atomic E-state index is 12.3. The Morgan fingerprint density at radius 3 is 2.62 bits per heavy atom. The maximum Gasteiger partial charge on any atom is 0.306 e. The lowest BCUT2D eigenvalue weighted by Crippen LogP contribution is -2.38. The van der Waals surface area contributed by atoms with Crippen LogP contribution in [0, 0.1) is 16.0 Å². The number of carbonyl (C=O) groups excluding carboxylic acids is 1. The molecule has 3 rings (SSSR count). The SMILES string of the molecule is O=C(NC1CCC(C(=O)O)CC1)c1ccn(-c2cccc([N+](=O)[O-])c2)n1. The number of aliphatic carboxylic acids is 1. The van der Waals surface area contributed by atoms with E-state index in [4.69, 9.17) is 5.11 Å². The van der Waals surface area contributed by atoms with E-state index in [1.54, 1.807) is 18.3 Å². The highest BCUT2D eigenvalue weighted by molar-refractivity contribution is 5.92. The van der Waals surface area contributed by atoms with Crippen LogP contribution >= 0.6 is 0 Å². The first kappa shape index (κ1) is 17.6. The van der Waals surface area contributed by atoms with Gasteiger partial charge in [0.25, 0.3) is 11.6 Å². The van der Waals surface area contributed by atoms with Crippen LogP contribution in [-0.4, -0.2) is 37.7 Å². The molecule has 0 saturated heterocycles. The number of carbonyl (C=O) groups is 2. The zero-order valence-corrected chi connectivity index (χ0v) is 13.9. The van der Waals surface area contributed by atoms with Crippen LogP contribution in [-0.2, 0) is 4.79 Å². The number of nitrogens with zero attached hydrogens (tertiary/aromatic N) is 3. The fourth-order valence-corrected chi connectivity index (χ4v) is 3.08. The van der Waals surface area contributed by atoms with Gasteiger partial charge >= 0.3 is 5.97 Å². The zero-order valence-electron chi connectivity index (χ0n) is 13.9. The zero-order chi connectivity index (χ0) is 18.7. The van der Waals surface area contributed by atoms with Crippen LogP contribution in [0.5, 0.6) is 0 Å². The average Bonchev–Trinajstić information content (AvgIpc) is 3.12. The minimum atomic E-state index is -0.787. The third kappa shape index (κ3) is 3.88. The molecule has 136 valence electrons. The van der Waals surface area contributed by atoms with E-state index < -0.39 is 10.9 Å². The molecule has 0 bridgehead atoms. The number of benzene rings is 1. The van der Waals surface area contributed by atoms with Gasteiger partial charge in [-0.05, 0) is 37.8 Å². The Morgan fingerprint density at radius 2 is 1.96 bits per heavy atom. The molecule has 0 spiro atoms. The molecule has 26 heavy (non-hydrogen) atoms. The van der Waals surface area contributed by atoms with Crippen molar-refractivity contribution in [3.8, 4) is 5.69 Å². The summed E-state index contributed by atoms with van der Waals surface area (Å²) in [5.74, 6) is -1.46. The Bertz CT molecular complexity index is 839. The molecule has 1 aliphatic carbocycles. The van der Waals surface area contributed by atoms with Crippen molar-refractivity contribution in [1.82, 2.24) is 15.1 Å². The highest BCUT2D eigenvalue weighted by Crippen LogP contribution is 2.24. The third-order valence-electron chi connectivity index (χ3n) is 4.54. The number of hydrogen-bond donors (Lipinski definition) is 2. The topological polar surface area (TPSA) is 127 Å². The molecule has 1 aromatic carbocycles. The van der Waals surface area contributed by atoms with Gasteiger partial charge in [-0.1, -0.05) is 6.07 Å². The summed E-state index contributed by atoms with van der Waals surface area (Å²) in [6.45, 7) is 0. The fraction of sp³-hybridized carbons (Fsp3) is 0.353. The fourth-order valence-electron chi connectivity index (χ4n) is 3.08. The number of carboxylic acids is 1. The van der Waals surface area contributed by atoms with E-state index in [0.717, 1.165) is 0 Å². The predicted molar refractivity (Wildman–Crippen MR) is 91.1 cm³/mol. The molecule has 1 fully saturated rings. The number of aromatic nitrogens is 2. The lowest BCUT2D eigenvalue weighted by Gasteiger charge is -2.26.